The van der Waals surface area contributed by atoms with Crippen molar-refractivity contribution < 1.29 is 19.1 Å². The fraction of sp³-hybridized carbons (Fsp3) is 0.345. The third-order valence-electron chi connectivity index (χ3n) is 7.00. The topological polar surface area (TPSA) is 111 Å². The van der Waals surface area contributed by atoms with Crippen molar-refractivity contribution in [2.45, 2.75) is 44.7 Å². The predicted octanol–water partition coefficient (Wildman–Crippen LogP) is 3.99. The van der Waals surface area contributed by atoms with E-state index in [1.54, 1.807) is 32.4 Å². The van der Waals surface area contributed by atoms with Crippen LogP contribution in [0.2, 0.25) is 0 Å². The van der Waals surface area contributed by atoms with Crippen molar-refractivity contribution in [2.24, 2.45) is 0 Å². The molecule has 39 heavy (non-hydrogen) atoms. The number of methoxy groups -OCH3 is 2. The molecule has 1 aliphatic rings. The summed E-state index contributed by atoms with van der Waals surface area (Å²) < 4.78 is 10.7. The molecule has 202 valence electrons. The molecule has 0 atom stereocenters. The standard InChI is InChI=1S/C29H32N6O4/c1-38-25-16-15-21(17-26(25)39-2)29-31-33-35(32-29)19-28(37)34(18-27(36)30-22-11-4-3-5-12-22)24-14-8-10-20-9-6-7-13-23(20)24/h6-10,13-17,22H,3-5,11-12,18-19H2,1-2H3,(H,30,36). The van der Waals surface area contributed by atoms with Crippen LogP contribution in [0.3, 0.4) is 0 Å². The first kappa shape index (κ1) is 26.1. The van der Waals surface area contributed by atoms with Crippen LogP contribution in [0.1, 0.15) is 32.1 Å². The molecule has 0 radical (unpaired) electrons. The van der Waals surface area contributed by atoms with Gasteiger partial charge >= 0.3 is 0 Å². The largest absolute Gasteiger partial charge is 0.493 e. The van der Waals surface area contributed by atoms with Crippen LogP contribution < -0.4 is 19.7 Å². The second kappa shape index (κ2) is 11.9. The van der Waals surface area contributed by atoms with E-state index in [9.17, 15) is 9.59 Å². The number of rotatable bonds is 9. The van der Waals surface area contributed by atoms with Crippen LogP contribution in [0, 0.1) is 0 Å². The number of anilines is 1. The molecule has 1 aromatic heterocycles. The second-order valence-corrected chi connectivity index (χ2v) is 9.59. The van der Waals surface area contributed by atoms with E-state index in [4.69, 9.17) is 9.47 Å². The number of carbonyl (C=O) groups is 2. The number of tetrazole rings is 1. The third-order valence-corrected chi connectivity index (χ3v) is 7.00. The van der Waals surface area contributed by atoms with Crippen LogP contribution in [-0.4, -0.2) is 58.8 Å². The Labute approximate surface area is 226 Å². The van der Waals surface area contributed by atoms with Crippen molar-refractivity contribution in [3.8, 4) is 22.9 Å². The summed E-state index contributed by atoms with van der Waals surface area (Å²) in [4.78, 5) is 29.6. The Hall–Kier alpha value is -4.47. The Kier molecular flexibility index (Phi) is 8.00. The van der Waals surface area contributed by atoms with Gasteiger partial charge in [0, 0.05) is 17.0 Å². The van der Waals surface area contributed by atoms with E-state index in [2.05, 4.69) is 20.7 Å². The summed E-state index contributed by atoms with van der Waals surface area (Å²) >= 11 is 0. The van der Waals surface area contributed by atoms with E-state index >= 15 is 0 Å². The number of nitrogens with one attached hydrogen (secondary N) is 1. The third kappa shape index (κ3) is 6.00. The molecule has 1 aliphatic carbocycles. The fourth-order valence-corrected chi connectivity index (χ4v) is 5.02. The molecule has 0 unspecified atom stereocenters. The lowest BCUT2D eigenvalue weighted by molar-refractivity contribution is -0.124. The fourth-order valence-electron chi connectivity index (χ4n) is 5.02. The van der Waals surface area contributed by atoms with Gasteiger partial charge in [0.2, 0.25) is 11.7 Å². The van der Waals surface area contributed by atoms with Gasteiger partial charge in [0.05, 0.1) is 19.9 Å². The van der Waals surface area contributed by atoms with Crippen molar-refractivity contribution in [1.82, 2.24) is 25.5 Å². The molecular weight excluding hydrogens is 496 g/mol. The van der Waals surface area contributed by atoms with Gasteiger partial charge in [-0.05, 0) is 47.7 Å². The molecule has 10 heteroatoms. The summed E-state index contributed by atoms with van der Waals surface area (Å²) in [5.41, 5.74) is 1.33. The second-order valence-electron chi connectivity index (χ2n) is 9.59. The number of nitrogens with zero attached hydrogens (tertiary/aromatic N) is 5. The maximum Gasteiger partial charge on any atom is 0.251 e. The Morgan fingerprint density at radius 3 is 2.54 bits per heavy atom. The molecule has 5 rings (SSSR count). The number of aromatic nitrogens is 4. The van der Waals surface area contributed by atoms with Crippen LogP contribution in [0.5, 0.6) is 11.5 Å². The van der Waals surface area contributed by atoms with Crippen LogP contribution in [-0.2, 0) is 16.1 Å². The Balaban J connectivity index is 1.39. The molecule has 0 aliphatic heterocycles. The number of carbonyl (C=O) groups excluding carboxylic acids is 2. The zero-order valence-electron chi connectivity index (χ0n) is 22.2. The van der Waals surface area contributed by atoms with Gasteiger partial charge in [-0.25, -0.2) is 0 Å². The van der Waals surface area contributed by atoms with Gasteiger partial charge in [0.15, 0.2) is 11.5 Å². The maximum atomic E-state index is 13.7. The zero-order valence-corrected chi connectivity index (χ0v) is 22.2. The van der Waals surface area contributed by atoms with E-state index in [0.29, 0.717) is 28.6 Å². The van der Waals surface area contributed by atoms with Gasteiger partial charge in [-0.1, -0.05) is 55.7 Å². The first-order valence-corrected chi connectivity index (χ1v) is 13.1. The van der Waals surface area contributed by atoms with E-state index < -0.39 is 0 Å². The van der Waals surface area contributed by atoms with Crippen molar-refractivity contribution in [1.29, 1.82) is 0 Å². The van der Waals surface area contributed by atoms with E-state index in [1.807, 2.05) is 42.5 Å². The lowest BCUT2D eigenvalue weighted by Gasteiger charge is -2.27. The van der Waals surface area contributed by atoms with Crippen molar-refractivity contribution in [2.75, 3.05) is 25.7 Å². The molecule has 4 aromatic rings. The molecular formula is C29H32N6O4. The lowest BCUT2D eigenvalue weighted by Crippen LogP contribution is -2.46. The van der Waals surface area contributed by atoms with Gasteiger partial charge in [-0.2, -0.15) is 4.80 Å². The number of amides is 2. The summed E-state index contributed by atoms with van der Waals surface area (Å²) in [6.07, 6.45) is 5.35. The highest BCUT2D eigenvalue weighted by Gasteiger charge is 2.24. The highest BCUT2D eigenvalue weighted by molar-refractivity contribution is 6.06. The molecule has 2 amide bonds. The van der Waals surface area contributed by atoms with Crippen LogP contribution in [0.4, 0.5) is 5.69 Å². The minimum atomic E-state index is -0.318. The van der Waals surface area contributed by atoms with E-state index in [0.717, 1.165) is 36.5 Å². The average molecular weight is 529 g/mol. The predicted molar refractivity (Wildman–Crippen MR) is 148 cm³/mol. The SMILES string of the molecule is COc1ccc(-c2nnn(CC(=O)N(CC(=O)NC3CCCCC3)c3cccc4ccccc34)n2)cc1OC. The molecule has 3 aromatic carbocycles. The number of benzene rings is 3. The van der Waals surface area contributed by atoms with E-state index in [1.165, 1.54) is 16.1 Å². The number of hydrogen-bond acceptors (Lipinski definition) is 7. The molecule has 1 fully saturated rings. The summed E-state index contributed by atoms with van der Waals surface area (Å²) in [5, 5.41) is 17.6. The normalized spacial score (nSPS) is 13.7. The van der Waals surface area contributed by atoms with E-state index in [-0.39, 0.29) is 30.9 Å². The van der Waals surface area contributed by atoms with Crippen molar-refractivity contribution in [3.63, 3.8) is 0 Å². The summed E-state index contributed by atoms with van der Waals surface area (Å²) in [5.74, 6) is 0.965. The van der Waals surface area contributed by atoms with Gasteiger partial charge < -0.3 is 19.7 Å². The Morgan fingerprint density at radius 1 is 0.974 bits per heavy atom. The molecule has 0 bridgehead atoms. The molecule has 1 heterocycles. The summed E-state index contributed by atoms with van der Waals surface area (Å²) in [6.45, 7) is -0.277. The quantitative estimate of drug-likeness (QED) is 0.350. The zero-order chi connectivity index (χ0) is 27.2. The highest BCUT2D eigenvalue weighted by Crippen LogP contribution is 2.31. The smallest absolute Gasteiger partial charge is 0.251 e. The first-order chi connectivity index (χ1) is 19.1. The number of hydrogen-bond donors (Lipinski definition) is 1. The summed E-state index contributed by atoms with van der Waals surface area (Å²) in [6, 6.07) is 19.0. The minimum absolute atomic E-state index is 0.0967. The summed E-state index contributed by atoms with van der Waals surface area (Å²) in [7, 11) is 3.12. The lowest BCUT2D eigenvalue weighted by atomic mass is 9.95. The van der Waals surface area contributed by atoms with Crippen molar-refractivity contribution in [3.05, 3.63) is 60.7 Å². The Morgan fingerprint density at radius 2 is 1.74 bits per heavy atom. The van der Waals surface area contributed by atoms with Gasteiger partial charge in [-0.3, -0.25) is 9.59 Å². The molecule has 0 saturated heterocycles. The first-order valence-electron chi connectivity index (χ1n) is 13.1. The van der Waals surface area contributed by atoms with Crippen LogP contribution >= 0.6 is 0 Å². The number of fused-ring (bicyclic) bond motifs is 1. The molecule has 10 nitrogen and oxygen atoms in total. The molecule has 0 spiro atoms. The van der Waals surface area contributed by atoms with Crippen LogP contribution in [0.25, 0.3) is 22.2 Å². The maximum absolute atomic E-state index is 13.7. The van der Waals surface area contributed by atoms with Gasteiger partial charge in [-0.15, -0.1) is 10.2 Å². The Bertz CT molecular complexity index is 1460. The van der Waals surface area contributed by atoms with Crippen LogP contribution in [0.15, 0.2) is 60.7 Å². The average Bonchev–Trinajstić information content (AvgIpc) is 3.44. The van der Waals surface area contributed by atoms with Gasteiger partial charge in [0.1, 0.15) is 13.1 Å². The van der Waals surface area contributed by atoms with Gasteiger partial charge in [0.25, 0.3) is 5.91 Å². The monoisotopic (exact) mass is 528 g/mol. The van der Waals surface area contributed by atoms with Crippen molar-refractivity contribution >= 4 is 28.3 Å². The molecule has 1 N–H and O–H groups in total. The molecule has 1 saturated carbocycles. The highest BCUT2D eigenvalue weighted by atomic mass is 16.5. The number of ether oxygens (including phenoxy) is 2. The minimum Gasteiger partial charge on any atom is -0.493 e.